The lowest BCUT2D eigenvalue weighted by Crippen LogP contribution is -2.28. The van der Waals surface area contributed by atoms with Crippen LogP contribution in [0.4, 0.5) is 4.39 Å². The summed E-state index contributed by atoms with van der Waals surface area (Å²) in [6.07, 6.45) is 4.39. The van der Waals surface area contributed by atoms with E-state index in [-0.39, 0.29) is 17.6 Å². The van der Waals surface area contributed by atoms with Crippen molar-refractivity contribution in [2.24, 2.45) is 5.84 Å². The van der Waals surface area contributed by atoms with Crippen molar-refractivity contribution in [3.05, 3.63) is 29.6 Å². The van der Waals surface area contributed by atoms with Crippen molar-refractivity contribution in [1.82, 2.24) is 5.43 Å². The van der Waals surface area contributed by atoms with Crippen molar-refractivity contribution in [3.8, 4) is 5.75 Å². The molecule has 0 spiro atoms. The Hall–Kier alpha value is -1.17. The van der Waals surface area contributed by atoms with Crippen LogP contribution in [-0.2, 0) is 4.74 Å². The first-order valence-corrected chi connectivity index (χ1v) is 6.65. The van der Waals surface area contributed by atoms with Crippen molar-refractivity contribution in [2.75, 3.05) is 13.7 Å². The topological polar surface area (TPSA) is 56.5 Å². The summed E-state index contributed by atoms with van der Waals surface area (Å²) in [7, 11) is 1.46. The fraction of sp³-hybridized carbons (Fsp3) is 0.571. The fourth-order valence-corrected chi connectivity index (χ4v) is 2.46. The molecule has 0 amide bonds. The Labute approximate surface area is 113 Å². The van der Waals surface area contributed by atoms with Crippen LogP contribution in [0.1, 0.15) is 37.3 Å². The first kappa shape index (κ1) is 14.2. The van der Waals surface area contributed by atoms with Gasteiger partial charge in [0.05, 0.1) is 13.2 Å². The highest BCUT2D eigenvalue weighted by atomic mass is 19.1. The van der Waals surface area contributed by atoms with E-state index < -0.39 is 0 Å². The quantitative estimate of drug-likeness (QED) is 0.614. The summed E-state index contributed by atoms with van der Waals surface area (Å²) >= 11 is 0. The molecule has 5 heteroatoms. The van der Waals surface area contributed by atoms with Crippen LogP contribution < -0.4 is 16.0 Å². The molecule has 1 fully saturated rings. The van der Waals surface area contributed by atoms with Gasteiger partial charge in [-0.2, -0.15) is 0 Å². The molecular weight excluding hydrogens is 247 g/mol. The molecule has 0 bridgehead atoms. The van der Waals surface area contributed by atoms with Gasteiger partial charge in [0, 0.05) is 12.6 Å². The predicted molar refractivity (Wildman–Crippen MR) is 71.2 cm³/mol. The Kier molecular flexibility index (Phi) is 5.13. The Morgan fingerprint density at radius 2 is 2.42 bits per heavy atom. The zero-order valence-electron chi connectivity index (χ0n) is 11.2. The van der Waals surface area contributed by atoms with Gasteiger partial charge in [-0.05, 0) is 43.4 Å². The van der Waals surface area contributed by atoms with Gasteiger partial charge in [-0.1, -0.05) is 6.07 Å². The van der Waals surface area contributed by atoms with E-state index in [1.54, 1.807) is 12.1 Å². The number of methoxy groups -OCH3 is 1. The summed E-state index contributed by atoms with van der Waals surface area (Å²) in [6, 6.07) is 4.82. The summed E-state index contributed by atoms with van der Waals surface area (Å²) < 4.78 is 24.0. The van der Waals surface area contributed by atoms with E-state index in [9.17, 15) is 4.39 Å². The molecule has 0 radical (unpaired) electrons. The molecule has 1 aromatic rings. The molecule has 0 aliphatic carbocycles. The summed E-state index contributed by atoms with van der Waals surface area (Å²) in [5, 5.41) is 0. The first-order valence-electron chi connectivity index (χ1n) is 6.65. The summed E-state index contributed by atoms with van der Waals surface area (Å²) in [5.74, 6) is 5.48. The smallest absolute Gasteiger partial charge is 0.165 e. The van der Waals surface area contributed by atoms with Crippen LogP contribution in [-0.4, -0.2) is 19.8 Å². The van der Waals surface area contributed by atoms with Gasteiger partial charge in [0.1, 0.15) is 0 Å². The van der Waals surface area contributed by atoms with Crippen LogP contribution in [0.25, 0.3) is 0 Å². The lowest BCUT2D eigenvalue weighted by atomic mass is 9.99. The van der Waals surface area contributed by atoms with Crippen LogP contribution >= 0.6 is 0 Å². The zero-order valence-corrected chi connectivity index (χ0v) is 11.2. The molecule has 106 valence electrons. The highest BCUT2D eigenvalue weighted by molar-refractivity contribution is 5.32. The van der Waals surface area contributed by atoms with Gasteiger partial charge in [0.15, 0.2) is 11.6 Å². The number of rotatable bonds is 6. The highest BCUT2D eigenvalue weighted by Crippen LogP contribution is 2.27. The Bertz CT molecular complexity index is 408. The molecule has 0 saturated carbocycles. The third kappa shape index (κ3) is 3.65. The molecule has 2 rings (SSSR count). The zero-order chi connectivity index (χ0) is 13.7. The minimum Gasteiger partial charge on any atom is -0.494 e. The van der Waals surface area contributed by atoms with Crippen LogP contribution in [0.15, 0.2) is 18.2 Å². The van der Waals surface area contributed by atoms with Crippen molar-refractivity contribution in [1.29, 1.82) is 0 Å². The lowest BCUT2D eigenvalue weighted by molar-refractivity contribution is 0.0996. The molecule has 1 saturated heterocycles. The SMILES string of the molecule is COc1cc(C(CCC2CCCO2)NN)ccc1F. The maximum Gasteiger partial charge on any atom is 0.165 e. The monoisotopic (exact) mass is 268 g/mol. The van der Waals surface area contributed by atoms with Crippen molar-refractivity contribution >= 4 is 0 Å². The van der Waals surface area contributed by atoms with Crippen molar-refractivity contribution in [2.45, 2.75) is 37.8 Å². The molecule has 2 unspecified atom stereocenters. The lowest BCUT2D eigenvalue weighted by Gasteiger charge is -2.19. The van der Waals surface area contributed by atoms with Gasteiger partial charge in [-0.15, -0.1) is 0 Å². The number of benzene rings is 1. The van der Waals surface area contributed by atoms with Crippen LogP contribution in [0, 0.1) is 5.82 Å². The molecular formula is C14H21FN2O2. The van der Waals surface area contributed by atoms with Gasteiger partial charge in [-0.3, -0.25) is 11.3 Å². The minimum absolute atomic E-state index is 0.0151. The standard InChI is InChI=1S/C14H21FN2O2/c1-18-14-9-10(4-6-12(14)15)13(17-16)7-5-11-3-2-8-19-11/h4,6,9,11,13,17H,2-3,5,7-8,16H2,1H3. The Morgan fingerprint density at radius 1 is 1.58 bits per heavy atom. The average molecular weight is 268 g/mol. The molecule has 1 heterocycles. The average Bonchev–Trinajstić information content (AvgIpc) is 2.94. The summed E-state index contributed by atoms with van der Waals surface area (Å²) in [6.45, 7) is 0.857. The number of halogens is 1. The number of hydrazine groups is 1. The number of ether oxygens (including phenoxy) is 2. The Morgan fingerprint density at radius 3 is 3.05 bits per heavy atom. The van der Waals surface area contributed by atoms with Crippen LogP contribution in [0.5, 0.6) is 5.75 Å². The van der Waals surface area contributed by atoms with Gasteiger partial charge in [0.25, 0.3) is 0 Å². The predicted octanol–water partition coefficient (Wildman–Crippen LogP) is 2.30. The van der Waals surface area contributed by atoms with Gasteiger partial charge in [-0.25, -0.2) is 4.39 Å². The molecule has 4 nitrogen and oxygen atoms in total. The van der Waals surface area contributed by atoms with Gasteiger partial charge >= 0.3 is 0 Å². The first-order chi connectivity index (χ1) is 9.24. The Balaban J connectivity index is 1.99. The third-order valence-corrected chi connectivity index (χ3v) is 3.58. The van der Waals surface area contributed by atoms with Crippen molar-refractivity contribution < 1.29 is 13.9 Å². The third-order valence-electron chi connectivity index (χ3n) is 3.58. The van der Waals surface area contributed by atoms with E-state index in [2.05, 4.69) is 5.43 Å². The maximum absolute atomic E-state index is 13.4. The van der Waals surface area contributed by atoms with Crippen molar-refractivity contribution in [3.63, 3.8) is 0 Å². The summed E-state index contributed by atoms with van der Waals surface area (Å²) in [4.78, 5) is 0. The van der Waals surface area contributed by atoms with Gasteiger partial charge in [0.2, 0.25) is 0 Å². The number of hydrogen-bond donors (Lipinski definition) is 2. The van der Waals surface area contributed by atoms with E-state index >= 15 is 0 Å². The second-order valence-corrected chi connectivity index (χ2v) is 4.83. The molecule has 2 atom stereocenters. The molecule has 1 aliphatic rings. The largest absolute Gasteiger partial charge is 0.494 e. The fourth-order valence-electron chi connectivity index (χ4n) is 2.46. The van der Waals surface area contributed by atoms with E-state index in [0.717, 1.165) is 37.9 Å². The highest BCUT2D eigenvalue weighted by Gasteiger charge is 2.19. The molecule has 3 N–H and O–H groups in total. The van der Waals surface area contributed by atoms with E-state index in [4.69, 9.17) is 15.3 Å². The van der Waals surface area contributed by atoms with E-state index in [1.807, 2.05) is 0 Å². The molecule has 1 aliphatic heterocycles. The van der Waals surface area contributed by atoms with Crippen LogP contribution in [0.2, 0.25) is 0 Å². The number of nitrogens with one attached hydrogen (secondary N) is 1. The van der Waals surface area contributed by atoms with E-state index in [1.165, 1.54) is 13.2 Å². The summed E-state index contributed by atoms with van der Waals surface area (Å²) in [5.41, 5.74) is 3.71. The second kappa shape index (κ2) is 6.84. The molecule has 19 heavy (non-hydrogen) atoms. The normalized spacial score (nSPS) is 20.5. The maximum atomic E-state index is 13.4. The molecule has 1 aromatic carbocycles. The minimum atomic E-state index is -0.360. The van der Waals surface area contributed by atoms with Crippen LogP contribution in [0.3, 0.4) is 0 Å². The molecule has 0 aromatic heterocycles. The number of nitrogens with two attached hydrogens (primary N) is 1. The van der Waals surface area contributed by atoms with Gasteiger partial charge < -0.3 is 9.47 Å². The number of hydrogen-bond acceptors (Lipinski definition) is 4. The second-order valence-electron chi connectivity index (χ2n) is 4.83. The van der Waals surface area contributed by atoms with E-state index in [0.29, 0.717) is 6.10 Å².